The molecule has 92 valence electrons. The van der Waals surface area contributed by atoms with Gasteiger partial charge < -0.3 is 14.2 Å². The van der Waals surface area contributed by atoms with Gasteiger partial charge in [-0.1, -0.05) is 0 Å². The summed E-state index contributed by atoms with van der Waals surface area (Å²) in [6.07, 6.45) is -0.653. The molecule has 1 aliphatic rings. The van der Waals surface area contributed by atoms with Crippen molar-refractivity contribution in [3.8, 4) is 0 Å². The van der Waals surface area contributed by atoms with E-state index in [2.05, 4.69) is 0 Å². The highest BCUT2D eigenvalue weighted by Crippen LogP contribution is 2.28. The van der Waals surface area contributed by atoms with Gasteiger partial charge in [-0.15, -0.1) is 11.8 Å². The van der Waals surface area contributed by atoms with Crippen molar-refractivity contribution in [2.45, 2.75) is 45.0 Å². The molecule has 0 bridgehead atoms. The van der Waals surface area contributed by atoms with Crippen LogP contribution < -0.4 is 0 Å². The minimum absolute atomic E-state index is 0.421. The second-order valence-electron chi connectivity index (χ2n) is 4.37. The van der Waals surface area contributed by atoms with E-state index in [0.29, 0.717) is 5.75 Å². The van der Waals surface area contributed by atoms with E-state index in [1.165, 1.54) is 18.7 Å². The van der Waals surface area contributed by atoms with Crippen LogP contribution in [-0.4, -0.2) is 35.0 Å². The molecule has 5 nitrogen and oxygen atoms in total. The molecule has 0 aliphatic carbocycles. The molecule has 2 unspecified atom stereocenters. The quantitative estimate of drug-likeness (QED) is 0.687. The van der Waals surface area contributed by atoms with E-state index in [-0.39, 0.29) is 0 Å². The van der Waals surface area contributed by atoms with Gasteiger partial charge in [-0.3, -0.25) is 4.79 Å². The van der Waals surface area contributed by atoms with Crippen LogP contribution in [-0.2, 0) is 23.8 Å². The van der Waals surface area contributed by atoms with Gasteiger partial charge in [0.2, 0.25) is 11.7 Å². The lowest BCUT2D eigenvalue weighted by molar-refractivity contribution is -0.185. The fraction of sp³-hybridized carbons (Fsp3) is 0.800. The van der Waals surface area contributed by atoms with Gasteiger partial charge in [-0.05, 0) is 20.8 Å². The van der Waals surface area contributed by atoms with Crippen molar-refractivity contribution in [2.24, 2.45) is 0 Å². The maximum Gasteiger partial charge on any atom is 0.346 e. The molecule has 0 aromatic heterocycles. The minimum atomic E-state index is -0.705. The highest BCUT2D eigenvalue weighted by atomic mass is 32.2. The van der Waals surface area contributed by atoms with Crippen molar-refractivity contribution >= 4 is 23.7 Å². The van der Waals surface area contributed by atoms with Crippen molar-refractivity contribution in [1.82, 2.24) is 0 Å². The Bertz CT molecular complexity index is 283. The molecule has 1 fully saturated rings. The molecule has 1 heterocycles. The van der Waals surface area contributed by atoms with Crippen molar-refractivity contribution in [1.29, 1.82) is 0 Å². The summed E-state index contributed by atoms with van der Waals surface area (Å²) in [4.78, 5) is 22.3. The number of carbonyl (C=O) groups is 2. The molecule has 2 atom stereocenters. The van der Waals surface area contributed by atoms with Crippen LogP contribution in [0.1, 0.15) is 27.7 Å². The van der Waals surface area contributed by atoms with Crippen LogP contribution in [0.15, 0.2) is 0 Å². The first-order valence-electron chi connectivity index (χ1n) is 4.95. The topological polar surface area (TPSA) is 61.8 Å². The predicted molar refractivity (Wildman–Crippen MR) is 58.7 cm³/mol. The van der Waals surface area contributed by atoms with Gasteiger partial charge >= 0.3 is 11.9 Å². The molecule has 0 N–H and O–H groups in total. The Morgan fingerprint density at radius 2 is 2.00 bits per heavy atom. The summed E-state index contributed by atoms with van der Waals surface area (Å²) in [5.41, 5.74) is -1.25. The lowest BCUT2D eigenvalue weighted by atomic mass is 10.2. The summed E-state index contributed by atoms with van der Waals surface area (Å²) in [6, 6.07) is 0. The Balaban J connectivity index is 2.41. The first kappa shape index (κ1) is 13.3. The molecule has 0 spiro atoms. The van der Waals surface area contributed by atoms with Gasteiger partial charge in [-0.2, -0.15) is 0 Å². The molecule has 6 heteroatoms. The zero-order valence-corrected chi connectivity index (χ0v) is 10.6. The van der Waals surface area contributed by atoms with Gasteiger partial charge in [0.15, 0.2) is 0 Å². The molecule has 0 aromatic rings. The Morgan fingerprint density at radius 3 is 2.50 bits per heavy atom. The summed E-state index contributed by atoms with van der Waals surface area (Å²) < 4.78 is 15.2. The molecular formula is C10H16O5S. The van der Waals surface area contributed by atoms with Crippen molar-refractivity contribution in [3.63, 3.8) is 0 Å². The van der Waals surface area contributed by atoms with Crippen LogP contribution in [0.2, 0.25) is 0 Å². The van der Waals surface area contributed by atoms with Gasteiger partial charge in [-0.25, -0.2) is 4.79 Å². The lowest BCUT2D eigenvalue weighted by Gasteiger charge is -2.21. The largest absolute Gasteiger partial charge is 0.457 e. The highest BCUT2D eigenvalue weighted by molar-refractivity contribution is 8.00. The molecule has 1 rings (SSSR count). The Labute approximate surface area is 98.8 Å². The van der Waals surface area contributed by atoms with E-state index >= 15 is 0 Å². The molecule has 0 amide bonds. The van der Waals surface area contributed by atoms with Crippen molar-refractivity contribution in [2.75, 3.05) is 5.75 Å². The third-order valence-electron chi connectivity index (χ3n) is 1.56. The Kier molecular flexibility index (Phi) is 4.21. The van der Waals surface area contributed by atoms with E-state index in [1.54, 1.807) is 20.8 Å². The van der Waals surface area contributed by atoms with Crippen LogP contribution in [0.4, 0.5) is 0 Å². The summed E-state index contributed by atoms with van der Waals surface area (Å²) in [5.74, 6) is -0.411. The number of hydrogen-bond acceptors (Lipinski definition) is 6. The van der Waals surface area contributed by atoms with Gasteiger partial charge in [0, 0.05) is 6.92 Å². The summed E-state index contributed by atoms with van der Waals surface area (Å²) in [7, 11) is 0. The Hall–Kier alpha value is -0.750. The van der Waals surface area contributed by atoms with E-state index in [4.69, 9.17) is 14.2 Å². The molecule has 16 heavy (non-hydrogen) atoms. The van der Waals surface area contributed by atoms with Crippen molar-refractivity contribution in [3.05, 3.63) is 0 Å². The maximum atomic E-state index is 11.6. The number of carbonyl (C=O) groups excluding carboxylic acids is 2. The van der Waals surface area contributed by atoms with E-state index < -0.39 is 29.3 Å². The lowest BCUT2D eigenvalue weighted by Crippen LogP contribution is -2.31. The minimum Gasteiger partial charge on any atom is -0.457 e. The summed E-state index contributed by atoms with van der Waals surface area (Å²) in [6.45, 7) is 6.66. The second kappa shape index (κ2) is 5.05. The fourth-order valence-corrected chi connectivity index (χ4v) is 1.97. The third kappa shape index (κ3) is 4.40. The highest BCUT2D eigenvalue weighted by Gasteiger charge is 2.36. The molecular weight excluding hydrogens is 232 g/mol. The van der Waals surface area contributed by atoms with Crippen LogP contribution >= 0.6 is 11.8 Å². The maximum absolute atomic E-state index is 11.6. The predicted octanol–water partition coefficient (Wildman–Crippen LogP) is 1.31. The average Bonchev–Trinajstić information content (AvgIpc) is 2.48. The van der Waals surface area contributed by atoms with Gasteiger partial charge in [0.05, 0.1) is 5.75 Å². The number of hydrogen-bond donors (Lipinski definition) is 0. The number of thioether (sulfide) groups is 1. The third-order valence-corrected chi connectivity index (χ3v) is 2.63. The smallest absolute Gasteiger partial charge is 0.346 e. The zero-order valence-electron chi connectivity index (χ0n) is 9.81. The second-order valence-corrected chi connectivity index (χ2v) is 5.47. The first-order valence-corrected chi connectivity index (χ1v) is 6.00. The SMILES string of the molecule is CC(=O)OC1CSC(C(=O)OC(C)(C)C)O1. The van der Waals surface area contributed by atoms with E-state index in [1.807, 2.05) is 0 Å². The van der Waals surface area contributed by atoms with Crippen LogP contribution in [0.25, 0.3) is 0 Å². The monoisotopic (exact) mass is 248 g/mol. The Morgan fingerprint density at radius 1 is 1.38 bits per heavy atom. The fourth-order valence-electron chi connectivity index (χ4n) is 1.10. The first-order chi connectivity index (χ1) is 7.28. The average molecular weight is 248 g/mol. The molecule has 1 saturated heterocycles. The van der Waals surface area contributed by atoms with Crippen molar-refractivity contribution < 1.29 is 23.8 Å². The molecule has 0 radical (unpaired) electrons. The van der Waals surface area contributed by atoms with Crippen LogP contribution in [0, 0.1) is 0 Å². The molecule has 0 saturated carbocycles. The summed E-state index contributed by atoms with van der Waals surface area (Å²) in [5, 5.41) is 0. The van der Waals surface area contributed by atoms with E-state index in [0.717, 1.165) is 0 Å². The zero-order chi connectivity index (χ0) is 12.3. The van der Waals surface area contributed by atoms with Gasteiger partial charge in [0.25, 0.3) is 0 Å². The number of rotatable bonds is 2. The summed E-state index contributed by atoms with van der Waals surface area (Å²) >= 11 is 1.27. The molecule has 0 aromatic carbocycles. The van der Waals surface area contributed by atoms with Gasteiger partial charge in [0.1, 0.15) is 5.60 Å². The number of esters is 2. The molecule has 1 aliphatic heterocycles. The van der Waals surface area contributed by atoms with E-state index in [9.17, 15) is 9.59 Å². The van der Waals surface area contributed by atoms with Crippen LogP contribution in [0.3, 0.4) is 0 Å². The standard InChI is InChI=1S/C10H16O5S/c1-6(11)13-7-5-16-9(14-7)8(12)15-10(2,3)4/h7,9H,5H2,1-4H3. The number of ether oxygens (including phenoxy) is 3. The normalized spacial score (nSPS) is 25.2. The van der Waals surface area contributed by atoms with Crippen LogP contribution in [0.5, 0.6) is 0 Å².